The van der Waals surface area contributed by atoms with Gasteiger partial charge >= 0.3 is 0 Å². The van der Waals surface area contributed by atoms with Gasteiger partial charge in [-0.3, -0.25) is 9.59 Å². The van der Waals surface area contributed by atoms with Crippen LogP contribution in [0.15, 0.2) is 60.8 Å². The van der Waals surface area contributed by atoms with Gasteiger partial charge in [0, 0.05) is 13.1 Å². The summed E-state index contributed by atoms with van der Waals surface area (Å²) in [6.07, 6.45) is 1.48. The third-order valence-corrected chi connectivity index (χ3v) is 4.73. The first-order valence-electron chi connectivity index (χ1n) is 9.05. The summed E-state index contributed by atoms with van der Waals surface area (Å²) in [5.41, 5.74) is 1.38. The number of aromatic nitrogens is 2. The molecule has 3 rings (SSSR count). The number of carbonyl (C=O) groups excluding carboxylic acids is 2. The number of benzene rings is 2. The van der Waals surface area contributed by atoms with E-state index in [0.29, 0.717) is 35.1 Å². The highest BCUT2D eigenvalue weighted by Crippen LogP contribution is 2.24. The number of amides is 2. The SMILES string of the molecule is CCN(CC)C(=O)c1cnn(-c2ccccc2)c1NC(=O)c1ccccc1Cl. The zero-order chi connectivity index (χ0) is 20.1. The van der Waals surface area contributed by atoms with E-state index in [0.717, 1.165) is 5.69 Å². The first-order valence-corrected chi connectivity index (χ1v) is 9.43. The van der Waals surface area contributed by atoms with Gasteiger partial charge in [-0.25, -0.2) is 4.68 Å². The molecule has 1 heterocycles. The van der Waals surface area contributed by atoms with Crippen LogP contribution in [-0.4, -0.2) is 39.6 Å². The predicted molar refractivity (Wildman–Crippen MR) is 110 cm³/mol. The predicted octanol–water partition coefficient (Wildman–Crippen LogP) is 4.26. The molecule has 28 heavy (non-hydrogen) atoms. The number of nitrogens with zero attached hydrogens (tertiary/aromatic N) is 3. The van der Waals surface area contributed by atoms with Gasteiger partial charge in [0.1, 0.15) is 11.4 Å². The standard InChI is InChI=1S/C21H21ClN4O2/c1-3-25(4-2)21(28)17-14-23-26(15-10-6-5-7-11-15)19(17)24-20(27)16-12-8-9-13-18(16)22/h5-14H,3-4H2,1-2H3,(H,24,27). The van der Waals surface area contributed by atoms with Crippen LogP contribution < -0.4 is 5.32 Å². The molecule has 7 heteroatoms. The molecular formula is C21H21ClN4O2. The summed E-state index contributed by atoms with van der Waals surface area (Å²) < 4.78 is 1.55. The Bertz CT molecular complexity index is 981. The first kappa shape index (κ1) is 19.6. The van der Waals surface area contributed by atoms with Crippen LogP contribution in [-0.2, 0) is 0 Å². The van der Waals surface area contributed by atoms with Crippen molar-refractivity contribution in [3.8, 4) is 5.69 Å². The van der Waals surface area contributed by atoms with Gasteiger partial charge in [0.2, 0.25) is 0 Å². The molecule has 0 radical (unpaired) electrons. The monoisotopic (exact) mass is 396 g/mol. The van der Waals surface area contributed by atoms with Gasteiger partial charge < -0.3 is 10.2 Å². The van der Waals surface area contributed by atoms with Crippen LogP contribution in [0.2, 0.25) is 5.02 Å². The lowest BCUT2D eigenvalue weighted by Crippen LogP contribution is -2.31. The number of hydrogen-bond donors (Lipinski definition) is 1. The quantitative estimate of drug-likeness (QED) is 0.676. The molecule has 1 aromatic heterocycles. The molecule has 0 atom stereocenters. The largest absolute Gasteiger partial charge is 0.339 e. The minimum Gasteiger partial charge on any atom is -0.339 e. The normalized spacial score (nSPS) is 10.5. The molecular weight excluding hydrogens is 376 g/mol. The number of nitrogens with one attached hydrogen (secondary N) is 1. The lowest BCUT2D eigenvalue weighted by Gasteiger charge is -2.19. The third kappa shape index (κ3) is 3.92. The number of carbonyl (C=O) groups is 2. The summed E-state index contributed by atoms with van der Waals surface area (Å²) in [4.78, 5) is 27.5. The molecule has 0 fully saturated rings. The van der Waals surface area contributed by atoms with Gasteiger partial charge in [0.25, 0.3) is 11.8 Å². The van der Waals surface area contributed by atoms with Crippen molar-refractivity contribution in [2.75, 3.05) is 18.4 Å². The summed E-state index contributed by atoms with van der Waals surface area (Å²) in [6.45, 7) is 4.93. The Morgan fingerprint density at radius 2 is 1.64 bits per heavy atom. The van der Waals surface area contributed by atoms with E-state index in [4.69, 9.17) is 11.6 Å². The van der Waals surface area contributed by atoms with Crippen LogP contribution in [0.25, 0.3) is 5.69 Å². The van der Waals surface area contributed by atoms with Crippen molar-refractivity contribution in [1.82, 2.24) is 14.7 Å². The van der Waals surface area contributed by atoms with Crippen molar-refractivity contribution in [2.24, 2.45) is 0 Å². The van der Waals surface area contributed by atoms with Crippen LogP contribution in [0.1, 0.15) is 34.6 Å². The Labute approximate surface area is 168 Å². The molecule has 0 bridgehead atoms. The molecule has 0 aliphatic rings. The second-order valence-electron chi connectivity index (χ2n) is 6.07. The first-order chi connectivity index (χ1) is 13.6. The summed E-state index contributed by atoms with van der Waals surface area (Å²) >= 11 is 6.16. The Balaban J connectivity index is 2.05. The van der Waals surface area contributed by atoms with Crippen LogP contribution in [0.4, 0.5) is 5.82 Å². The van der Waals surface area contributed by atoms with Crippen molar-refractivity contribution in [3.05, 3.63) is 76.9 Å². The van der Waals surface area contributed by atoms with Crippen LogP contribution in [0.3, 0.4) is 0 Å². The van der Waals surface area contributed by atoms with E-state index in [1.54, 1.807) is 33.8 Å². The van der Waals surface area contributed by atoms with Gasteiger partial charge in [-0.05, 0) is 38.1 Å². The van der Waals surface area contributed by atoms with Gasteiger partial charge in [-0.2, -0.15) is 5.10 Å². The maximum Gasteiger partial charge on any atom is 0.259 e. The molecule has 0 saturated carbocycles. The van der Waals surface area contributed by atoms with Gasteiger partial charge in [0.15, 0.2) is 0 Å². The molecule has 2 aromatic carbocycles. The summed E-state index contributed by atoms with van der Waals surface area (Å²) in [6, 6.07) is 16.1. The maximum absolute atomic E-state index is 13.0. The second-order valence-corrected chi connectivity index (χ2v) is 6.47. The topological polar surface area (TPSA) is 67.2 Å². The lowest BCUT2D eigenvalue weighted by atomic mass is 10.2. The average Bonchev–Trinajstić information content (AvgIpc) is 3.13. The summed E-state index contributed by atoms with van der Waals surface area (Å²) in [5, 5.41) is 7.51. The van der Waals surface area contributed by atoms with Crippen molar-refractivity contribution >= 4 is 29.2 Å². The number of rotatable bonds is 6. The Hall–Kier alpha value is -3.12. The van der Waals surface area contributed by atoms with Crippen molar-refractivity contribution < 1.29 is 9.59 Å². The van der Waals surface area contributed by atoms with Crippen molar-refractivity contribution in [2.45, 2.75) is 13.8 Å². The van der Waals surface area contributed by atoms with E-state index >= 15 is 0 Å². The van der Waals surface area contributed by atoms with Crippen molar-refractivity contribution in [3.63, 3.8) is 0 Å². The zero-order valence-electron chi connectivity index (χ0n) is 15.7. The minimum atomic E-state index is -0.406. The fourth-order valence-electron chi connectivity index (χ4n) is 2.89. The number of para-hydroxylation sites is 1. The Morgan fingerprint density at radius 3 is 2.29 bits per heavy atom. The molecule has 1 N–H and O–H groups in total. The number of halogens is 1. The fraction of sp³-hybridized carbons (Fsp3) is 0.190. The highest BCUT2D eigenvalue weighted by molar-refractivity contribution is 6.34. The summed E-state index contributed by atoms with van der Waals surface area (Å²) in [7, 11) is 0. The summed E-state index contributed by atoms with van der Waals surface area (Å²) in [5.74, 6) is -0.286. The smallest absolute Gasteiger partial charge is 0.259 e. The van der Waals surface area contributed by atoms with E-state index in [9.17, 15) is 9.59 Å². The molecule has 2 amide bonds. The molecule has 6 nitrogen and oxygen atoms in total. The number of anilines is 1. The lowest BCUT2D eigenvalue weighted by molar-refractivity contribution is 0.0774. The maximum atomic E-state index is 13.0. The number of hydrogen-bond acceptors (Lipinski definition) is 3. The van der Waals surface area contributed by atoms with E-state index in [2.05, 4.69) is 10.4 Å². The van der Waals surface area contributed by atoms with Gasteiger partial charge in [-0.15, -0.1) is 0 Å². The molecule has 0 saturated heterocycles. The van der Waals surface area contributed by atoms with Crippen LogP contribution in [0.5, 0.6) is 0 Å². The highest BCUT2D eigenvalue weighted by Gasteiger charge is 2.24. The van der Waals surface area contributed by atoms with Crippen LogP contribution >= 0.6 is 11.6 Å². The Morgan fingerprint density at radius 1 is 1.00 bits per heavy atom. The molecule has 0 aliphatic heterocycles. The fourth-order valence-corrected chi connectivity index (χ4v) is 3.11. The zero-order valence-corrected chi connectivity index (χ0v) is 16.5. The van der Waals surface area contributed by atoms with Gasteiger partial charge in [0.05, 0.1) is 22.5 Å². The van der Waals surface area contributed by atoms with Crippen molar-refractivity contribution in [1.29, 1.82) is 0 Å². The molecule has 3 aromatic rings. The molecule has 0 aliphatic carbocycles. The van der Waals surface area contributed by atoms with E-state index in [1.807, 2.05) is 44.2 Å². The van der Waals surface area contributed by atoms with E-state index < -0.39 is 5.91 Å². The van der Waals surface area contributed by atoms with Gasteiger partial charge in [-0.1, -0.05) is 41.9 Å². The minimum absolute atomic E-state index is 0.193. The Kier molecular flexibility index (Phi) is 6.11. The third-order valence-electron chi connectivity index (χ3n) is 4.40. The average molecular weight is 397 g/mol. The van der Waals surface area contributed by atoms with Crippen LogP contribution in [0, 0.1) is 0 Å². The second kappa shape index (κ2) is 8.71. The van der Waals surface area contributed by atoms with E-state index in [1.165, 1.54) is 6.20 Å². The highest BCUT2D eigenvalue weighted by atomic mass is 35.5. The molecule has 0 unspecified atom stereocenters. The van der Waals surface area contributed by atoms with E-state index in [-0.39, 0.29) is 5.91 Å². The molecule has 144 valence electrons. The molecule has 0 spiro atoms.